The lowest BCUT2D eigenvalue weighted by molar-refractivity contribution is -0.133. The van der Waals surface area contributed by atoms with Crippen LogP contribution in [0.3, 0.4) is 0 Å². The fourth-order valence-corrected chi connectivity index (χ4v) is 2.79. The Balaban J connectivity index is 1.87. The summed E-state index contributed by atoms with van der Waals surface area (Å²) in [7, 11) is 2.90. The first kappa shape index (κ1) is 25.1. The monoisotopic (exact) mass is 484 g/mol. The number of carbonyl (C=O) groups excluding carboxylic acids is 3. The summed E-state index contributed by atoms with van der Waals surface area (Å²) in [6.07, 6.45) is 0. The van der Waals surface area contributed by atoms with Crippen molar-refractivity contribution in [2.75, 3.05) is 40.5 Å². The lowest BCUT2D eigenvalue weighted by Crippen LogP contribution is -2.34. The summed E-state index contributed by atoms with van der Waals surface area (Å²) in [4.78, 5) is 36.8. The van der Waals surface area contributed by atoms with E-state index in [0.717, 1.165) is 0 Å². The van der Waals surface area contributed by atoms with Crippen LogP contribution >= 0.6 is 23.2 Å². The molecule has 0 aliphatic heterocycles. The quantitative estimate of drug-likeness (QED) is 0.486. The van der Waals surface area contributed by atoms with Gasteiger partial charge in [-0.15, -0.1) is 0 Å². The molecule has 0 saturated heterocycles. The molecule has 0 aliphatic rings. The van der Waals surface area contributed by atoms with Gasteiger partial charge in [-0.3, -0.25) is 9.59 Å². The second-order valence-electron chi connectivity index (χ2n) is 6.44. The predicted octanol–water partition coefficient (Wildman–Crippen LogP) is 2.56. The van der Waals surface area contributed by atoms with Gasteiger partial charge in [0.2, 0.25) is 0 Å². The van der Waals surface area contributed by atoms with E-state index in [2.05, 4.69) is 0 Å². The number of esters is 1. The lowest BCUT2D eigenvalue weighted by Gasteiger charge is -2.18. The summed E-state index contributed by atoms with van der Waals surface area (Å²) in [6, 6.07) is 9.42. The number of carbonyl (C=O) groups is 3. The zero-order chi connectivity index (χ0) is 23.7. The molecular weight excluding hydrogens is 463 g/mol. The number of nitrogens with zero attached hydrogens (tertiary/aromatic N) is 1. The molecule has 11 heteroatoms. The van der Waals surface area contributed by atoms with Gasteiger partial charge < -0.3 is 29.6 Å². The van der Waals surface area contributed by atoms with Crippen LogP contribution in [0.1, 0.15) is 10.4 Å². The van der Waals surface area contributed by atoms with Gasteiger partial charge in [-0.25, -0.2) is 4.79 Å². The molecule has 0 unspecified atom stereocenters. The van der Waals surface area contributed by atoms with Crippen molar-refractivity contribution in [1.29, 1.82) is 0 Å². The Morgan fingerprint density at radius 1 is 1.03 bits per heavy atom. The number of rotatable bonds is 11. The van der Waals surface area contributed by atoms with Gasteiger partial charge >= 0.3 is 5.97 Å². The van der Waals surface area contributed by atoms with Crippen molar-refractivity contribution in [3.05, 3.63) is 52.0 Å². The molecule has 0 spiro atoms. The molecule has 0 radical (unpaired) electrons. The molecule has 2 amide bonds. The van der Waals surface area contributed by atoms with Crippen molar-refractivity contribution in [2.24, 2.45) is 5.73 Å². The minimum atomic E-state index is -0.786. The third-order valence-electron chi connectivity index (χ3n) is 4.09. The van der Waals surface area contributed by atoms with Crippen molar-refractivity contribution in [2.45, 2.75) is 0 Å². The van der Waals surface area contributed by atoms with E-state index in [1.54, 1.807) is 31.3 Å². The number of likely N-dealkylation sites (N-methyl/N-ethyl adjacent to an activating group) is 1. The van der Waals surface area contributed by atoms with Crippen LogP contribution in [0.25, 0.3) is 0 Å². The Bertz CT molecular complexity index is 967. The summed E-state index contributed by atoms with van der Waals surface area (Å²) in [5.74, 6) is -1.12. The predicted molar refractivity (Wildman–Crippen MR) is 118 cm³/mol. The molecule has 0 aromatic heterocycles. The average Bonchev–Trinajstić information content (AvgIpc) is 2.76. The molecular formula is C21H22Cl2N2O7. The van der Waals surface area contributed by atoms with E-state index >= 15 is 0 Å². The van der Waals surface area contributed by atoms with Gasteiger partial charge in [0.05, 0.1) is 24.2 Å². The SMILES string of the molecule is COc1cc(C(=O)OCC(=O)N(C)CCOc2ccc(Cl)cc2)cc(Cl)c1OCC(N)=O. The van der Waals surface area contributed by atoms with Gasteiger partial charge in [0.25, 0.3) is 11.8 Å². The van der Waals surface area contributed by atoms with Gasteiger partial charge in [0.15, 0.2) is 24.7 Å². The van der Waals surface area contributed by atoms with Crippen LogP contribution in [0, 0.1) is 0 Å². The number of primary amides is 1. The van der Waals surface area contributed by atoms with Crippen LogP contribution in [0.15, 0.2) is 36.4 Å². The number of hydrogen-bond donors (Lipinski definition) is 1. The van der Waals surface area contributed by atoms with Crippen molar-refractivity contribution in [3.8, 4) is 17.2 Å². The number of ether oxygens (including phenoxy) is 4. The maximum atomic E-state index is 12.3. The summed E-state index contributed by atoms with van der Waals surface area (Å²) in [5, 5.41) is 0.610. The molecule has 0 heterocycles. The van der Waals surface area contributed by atoms with Crippen LogP contribution in [-0.2, 0) is 14.3 Å². The molecule has 9 nitrogen and oxygen atoms in total. The van der Waals surface area contributed by atoms with E-state index in [9.17, 15) is 14.4 Å². The van der Waals surface area contributed by atoms with Gasteiger partial charge in [-0.2, -0.15) is 0 Å². The first-order chi connectivity index (χ1) is 15.2. The van der Waals surface area contributed by atoms with E-state index < -0.39 is 31.0 Å². The molecule has 2 aromatic carbocycles. The van der Waals surface area contributed by atoms with Crippen LogP contribution in [0.2, 0.25) is 10.0 Å². The molecule has 0 atom stereocenters. The topological polar surface area (TPSA) is 117 Å². The normalized spacial score (nSPS) is 10.2. The Hall–Kier alpha value is -3.17. The van der Waals surface area contributed by atoms with E-state index in [0.29, 0.717) is 10.8 Å². The van der Waals surface area contributed by atoms with Crippen molar-refractivity contribution in [3.63, 3.8) is 0 Å². The number of methoxy groups -OCH3 is 1. The Morgan fingerprint density at radius 2 is 1.72 bits per heavy atom. The van der Waals surface area contributed by atoms with E-state index in [4.69, 9.17) is 47.9 Å². The van der Waals surface area contributed by atoms with Crippen LogP contribution in [-0.4, -0.2) is 63.2 Å². The molecule has 0 aliphatic carbocycles. The largest absolute Gasteiger partial charge is 0.493 e. The first-order valence-corrected chi connectivity index (χ1v) is 10.0. The number of hydrogen-bond acceptors (Lipinski definition) is 7. The minimum Gasteiger partial charge on any atom is -0.493 e. The fraction of sp³-hybridized carbons (Fsp3) is 0.286. The van der Waals surface area contributed by atoms with Gasteiger partial charge in [-0.1, -0.05) is 23.2 Å². The van der Waals surface area contributed by atoms with E-state index in [-0.39, 0.29) is 35.2 Å². The maximum Gasteiger partial charge on any atom is 0.338 e. The van der Waals surface area contributed by atoms with Crippen molar-refractivity contribution in [1.82, 2.24) is 4.90 Å². The third-order valence-corrected chi connectivity index (χ3v) is 4.62. The number of nitrogens with two attached hydrogens (primary N) is 1. The molecule has 2 aromatic rings. The average molecular weight is 485 g/mol. The molecule has 32 heavy (non-hydrogen) atoms. The Kier molecular flexibility index (Phi) is 9.42. The smallest absolute Gasteiger partial charge is 0.338 e. The Labute approximate surface area is 194 Å². The highest BCUT2D eigenvalue weighted by Gasteiger charge is 2.19. The van der Waals surface area contributed by atoms with E-state index in [1.165, 1.54) is 24.1 Å². The van der Waals surface area contributed by atoms with Gasteiger partial charge in [-0.05, 0) is 36.4 Å². The zero-order valence-electron chi connectivity index (χ0n) is 17.4. The maximum absolute atomic E-state index is 12.3. The number of benzene rings is 2. The summed E-state index contributed by atoms with van der Waals surface area (Å²) < 4.78 is 20.9. The van der Waals surface area contributed by atoms with Crippen LogP contribution in [0.5, 0.6) is 17.2 Å². The molecule has 2 N–H and O–H groups in total. The third kappa shape index (κ3) is 7.51. The summed E-state index contributed by atoms with van der Waals surface area (Å²) in [6.45, 7) is -0.361. The Morgan fingerprint density at radius 3 is 2.34 bits per heavy atom. The van der Waals surface area contributed by atoms with E-state index in [1.807, 2.05) is 0 Å². The zero-order valence-corrected chi connectivity index (χ0v) is 18.9. The van der Waals surface area contributed by atoms with Crippen molar-refractivity contribution < 1.29 is 33.3 Å². The van der Waals surface area contributed by atoms with Crippen LogP contribution < -0.4 is 19.9 Å². The lowest BCUT2D eigenvalue weighted by atomic mass is 10.2. The molecule has 0 bridgehead atoms. The summed E-state index contributed by atoms with van der Waals surface area (Å²) in [5.41, 5.74) is 5.09. The standard InChI is InChI=1S/C21H22Cl2N2O7/c1-25(7-8-30-15-5-3-14(22)4-6-15)19(27)12-32-21(28)13-9-16(23)20(17(10-13)29-2)31-11-18(24)26/h3-6,9-10H,7-8,11-12H2,1-2H3,(H2,24,26). The first-order valence-electron chi connectivity index (χ1n) is 9.29. The van der Waals surface area contributed by atoms with Gasteiger partial charge in [0.1, 0.15) is 12.4 Å². The number of halogens is 2. The number of amides is 2. The molecule has 2 rings (SSSR count). The van der Waals surface area contributed by atoms with Crippen molar-refractivity contribution >= 4 is 41.0 Å². The second kappa shape index (κ2) is 12.0. The highest BCUT2D eigenvalue weighted by Crippen LogP contribution is 2.36. The van der Waals surface area contributed by atoms with Gasteiger partial charge in [0, 0.05) is 12.1 Å². The van der Waals surface area contributed by atoms with Crippen LogP contribution in [0.4, 0.5) is 0 Å². The molecule has 0 saturated carbocycles. The highest BCUT2D eigenvalue weighted by atomic mass is 35.5. The molecule has 172 valence electrons. The summed E-state index contributed by atoms with van der Waals surface area (Å²) >= 11 is 11.9. The fourth-order valence-electron chi connectivity index (χ4n) is 2.40. The molecule has 0 fully saturated rings. The second-order valence-corrected chi connectivity index (χ2v) is 7.28. The minimum absolute atomic E-state index is 0.0142. The highest BCUT2D eigenvalue weighted by molar-refractivity contribution is 6.32.